The molecular weight excluding hydrogens is 266 g/mol. The van der Waals surface area contributed by atoms with Gasteiger partial charge in [0, 0.05) is 0 Å². The maximum atomic E-state index is 10.1. The van der Waals surface area contributed by atoms with Gasteiger partial charge in [0.2, 0.25) is 0 Å². The SMILES string of the molecule is I.O=C([O-])c1ccccc1.[Na+]. The Morgan fingerprint density at radius 2 is 1.64 bits per heavy atom. The third kappa shape index (κ3) is 4.79. The second kappa shape index (κ2) is 7.09. The standard InChI is InChI=1S/C7H6O2.HI.Na/c8-7(9)6-4-2-1-3-5-6;;/h1-5H,(H,8,9);1H;/q;;+1/p-1. The van der Waals surface area contributed by atoms with Gasteiger partial charge in [0.25, 0.3) is 0 Å². The van der Waals surface area contributed by atoms with Gasteiger partial charge < -0.3 is 9.90 Å². The Labute approximate surface area is 104 Å². The predicted molar refractivity (Wildman–Crippen MR) is 46.2 cm³/mol. The van der Waals surface area contributed by atoms with Crippen LogP contribution in [-0.4, -0.2) is 5.97 Å². The second-order valence-corrected chi connectivity index (χ2v) is 1.65. The number of hydrogen-bond donors (Lipinski definition) is 0. The maximum absolute atomic E-state index is 10.1. The van der Waals surface area contributed by atoms with Crippen LogP contribution in [0, 0.1) is 0 Å². The monoisotopic (exact) mass is 272 g/mol. The fraction of sp³-hybridized carbons (Fsp3) is 0. The quantitative estimate of drug-likeness (QED) is 0.425. The molecule has 0 aliphatic rings. The van der Waals surface area contributed by atoms with Gasteiger partial charge in [0.05, 0.1) is 5.97 Å². The number of aromatic carboxylic acids is 1. The van der Waals surface area contributed by atoms with E-state index in [1.807, 2.05) is 0 Å². The van der Waals surface area contributed by atoms with E-state index in [0.717, 1.165) is 0 Å². The van der Waals surface area contributed by atoms with Gasteiger partial charge >= 0.3 is 29.6 Å². The molecule has 1 aromatic carbocycles. The summed E-state index contributed by atoms with van der Waals surface area (Å²) < 4.78 is 0. The van der Waals surface area contributed by atoms with Crippen LogP contribution < -0.4 is 34.7 Å². The molecule has 0 saturated heterocycles. The molecule has 0 aromatic heterocycles. The maximum Gasteiger partial charge on any atom is 1.00 e. The number of benzene rings is 1. The zero-order chi connectivity index (χ0) is 6.69. The van der Waals surface area contributed by atoms with Gasteiger partial charge in [-0.15, -0.1) is 24.0 Å². The molecule has 0 N–H and O–H groups in total. The van der Waals surface area contributed by atoms with Crippen molar-refractivity contribution in [3.8, 4) is 0 Å². The molecule has 0 saturated carbocycles. The molecular formula is C7H6INaO2. The van der Waals surface area contributed by atoms with Gasteiger partial charge in [-0.1, -0.05) is 30.3 Å². The summed E-state index contributed by atoms with van der Waals surface area (Å²) in [5.41, 5.74) is 0.220. The molecule has 0 aliphatic heterocycles. The van der Waals surface area contributed by atoms with Crippen LogP contribution in [0.25, 0.3) is 0 Å². The van der Waals surface area contributed by atoms with Crippen molar-refractivity contribution in [2.45, 2.75) is 0 Å². The van der Waals surface area contributed by atoms with E-state index in [2.05, 4.69) is 0 Å². The molecule has 4 heteroatoms. The van der Waals surface area contributed by atoms with Crippen LogP contribution >= 0.6 is 24.0 Å². The van der Waals surface area contributed by atoms with Crippen molar-refractivity contribution >= 4 is 29.9 Å². The van der Waals surface area contributed by atoms with E-state index in [4.69, 9.17) is 0 Å². The molecule has 0 amide bonds. The van der Waals surface area contributed by atoms with Gasteiger partial charge in [0.1, 0.15) is 0 Å². The van der Waals surface area contributed by atoms with Crippen LogP contribution in [0.5, 0.6) is 0 Å². The molecule has 0 radical (unpaired) electrons. The molecule has 0 heterocycles. The minimum Gasteiger partial charge on any atom is -0.545 e. The van der Waals surface area contributed by atoms with E-state index < -0.39 is 5.97 Å². The first-order valence-electron chi connectivity index (χ1n) is 2.57. The van der Waals surface area contributed by atoms with Crippen molar-refractivity contribution in [1.29, 1.82) is 0 Å². The van der Waals surface area contributed by atoms with Gasteiger partial charge in [-0.2, -0.15) is 0 Å². The van der Waals surface area contributed by atoms with Crippen LogP contribution in [0.15, 0.2) is 30.3 Å². The van der Waals surface area contributed by atoms with Crippen molar-refractivity contribution < 1.29 is 39.5 Å². The fourth-order valence-electron chi connectivity index (χ4n) is 0.574. The third-order valence-electron chi connectivity index (χ3n) is 1.01. The number of carbonyl (C=O) groups is 1. The summed E-state index contributed by atoms with van der Waals surface area (Å²) in [6.07, 6.45) is 0. The summed E-state index contributed by atoms with van der Waals surface area (Å²) >= 11 is 0. The van der Waals surface area contributed by atoms with Crippen molar-refractivity contribution in [1.82, 2.24) is 0 Å². The van der Waals surface area contributed by atoms with Gasteiger partial charge in [-0.25, -0.2) is 0 Å². The molecule has 2 nitrogen and oxygen atoms in total. The molecule has 0 bridgehead atoms. The predicted octanol–water partition coefficient (Wildman–Crippen LogP) is -2.33. The summed E-state index contributed by atoms with van der Waals surface area (Å²) in [5, 5.41) is 10.1. The number of carboxylic acid groups (broad SMARTS) is 1. The van der Waals surface area contributed by atoms with Crippen LogP contribution in [0.3, 0.4) is 0 Å². The first kappa shape index (κ1) is 14.0. The smallest absolute Gasteiger partial charge is 0.545 e. The Hall–Kier alpha value is 0.420. The van der Waals surface area contributed by atoms with E-state index in [0.29, 0.717) is 0 Å². The van der Waals surface area contributed by atoms with Gasteiger partial charge in [-0.05, 0) is 5.56 Å². The first-order chi connectivity index (χ1) is 4.30. The molecule has 11 heavy (non-hydrogen) atoms. The average Bonchev–Trinajstić information content (AvgIpc) is 1.90. The average molecular weight is 272 g/mol. The molecule has 0 spiro atoms. The van der Waals surface area contributed by atoms with E-state index in [1.54, 1.807) is 18.2 Å². The molecule has 0 aliphatic carbocycles. The number of halogens is 1. The Morgan fingerprint density at radius 1 is 1.18 bits per heavy atom. The largest absolute Gasteiger partial charge is 1.00 e. The molecule has 54 valence electrons. The minimum absolute atomic E-state index is 0. The molecule has 1 rings (SSSR count). The Morgan fingerprint density at radius 3 is 1.91 bits per heavy atom. The van der Waals surface area contributed by atoms with E-state index >= 15 is 0 Å². The molecule has 1 aromatic rings. The topological polar surface area (TPSA) is 40.1 Å². The first-order valence-corrected chi connectivity index (χ1v) is 2.57. The normalized spacial score (nSPS) is 7.27. The summed E-state index contributed by atoms with van der Waals surface area (Å²) in [6.45, 7) is 0. The number of hydrogen-bond acceptors (Lipinski definition) is 2. The summed E-state index contributed by atoms with van der Waals surface area (Å²) in [7, 11) is 0. The summed E-state index contributed by atoms with van der Waals surface area (Å²) in [6, 6.07) is 8.06. The molecule has 0 unspecified atom stereocenters. The summed E-state index contributed by atoms with van der Waals surface area (Å²) in [4.78, 5) is 10.1. The van der Waals surface area contributed by atoms with Gasteiger partial charge in [0.15, 0.2) is 0 Å². The molecule has 0 fully saturated rings. The number of rotatable bonds is 1. The van der Waals surface area contributed by atoms with Crippen LogP contribution in [0.2, 0.25) is 0 Å². The van der Waals surface area contributed by atoms with Gasteiger partial charge in [-0.3, -0.25) is 0 Å². The molecule has 0 atom stereocenters. The second-order valence-electron chi connectivity index (χ2n) is 1.65. The third-order valence-corrected chi connectivity index (χ3v) is 1.01. The summed E-state index contributed by atoms with van der Waals surface area (Å²) in [5.74, 6) is -1.13. The number of carbonyl (C=O) groups excluding carboxylic acids is 1. The Bertz CT molecular complexity index is 213. The van der Waals surface area contributed by atoms with Crippen LogP contribution in [-0.2, 0) is 0 Å². The van der Waals surface area contributed by atoms with E-state index in [-0.39, 0.29) is 59.1 Å². The Kier molecular flexibility index (Phi) is 9.01. The van der Waals surface area contributed by atoms with Crippen molar-refractivity contribution in [3.63, 3.8) is 0 Å². The van der Waals surface area contributed by atoms with Crippen LogP contribution in [0.4, 0.5) is 0 Å². The Balaban J connectivity index is 0. The zero-order valence-corrected chi connectivity index (χ0v) is 10.4. The van der Waals surface area contributed by atoms with Crippen molar-refractivity contribution in [2.24, 2.45) is 0 Å². The van der Waals surface area contributed by atoms with Crippen LogP contribution in [0.1, 0.15) is 10.4 Å². The zero-order valence-electron chi connectivity index (χ0n) is 6.11. The fourth-order valence-corrected chi connectivity index (χ4v) is 0.574. The van der Waals surface area contributed by atoms with Crippen molar-refractivity contribution in [3.05, 3.63) is 35.9 Å². The van der Waals surface area contributed by atoms with E-state index in [1.165, 1.54) is 12.1 Å². The van der Waals surface area contributed by atoms with Crippen molar-refractivity contribution in [2.75, 3.05) is 0 Å². The number of carboxylic acids is 1. The minimum atomic E-state index is -1.13. The van der Waals surface area contributed by atoms with E-state index in [9.17, 15) is 9.90 Å².